The van der Waals surface area contributed by atoms with Crippen molar-refractivity contribution < 1.29 is 33.4 Å². The third-order valence-corrected chi connectivity index (χ3v) is 20.2. The van der Waals surface area contributed by atoms with Crippen molar-refractivity contribution in [1.29, 1.82) is 0 Å². The lowest BCUT2D eigenvalue weighted by molar-refractivity contribution is -0.141. The van der Waals surface area contributed by atoms with E-state index in [2.05, 4.69) is 57.6 Å². The van der Waals surface area contributed by atoms with Crippen molar-refractivity contribution in [3.05, 3.63) is 290 Å². The summed E-state index contributed by atoms with van der Waals surface area (Å²) in [6.45, 7) is 8.83. The number of rotatable bonds is 37. The van der Waals surface area contributed by atoms with Crippen LogP contribution >= 0.6 is 23.2 Å². The zero-order valence-electron chi connectivity index (χ0n) is 59.2. The molecule has 11 rings (SSSR count). The van der Waals surface area contributed by atoms with E-state index in [4.69, 9.17) is 57.3 Å². The van der Waals surface area contributed by atoms with Crippen LogP contribution in [0, 0.1) is 0 Å². The van der Waals surface area contributed by atoms with Crippen molar-refractivity contribution in [2.24, 2.45) is 0 Å². The Hall–Kier alpha value is -9.00. The van der Waals surface area contributed by atoms with Gasteiger partial charge in [0.1, 0.15) is 5.75 Å². The van der Waals surface area contributed by atoms with Crippen LogP contribution in [0.15, 0.2) is 213 Å². The number of Topliss-reactive ketones (excluding diaryl/α,β-unsaturated/α-hetero) is 1. The maximum Gasteiger partial charge on any atom is 0.251 e. The molecular formula is C85H95Cl2N9O7. The van der Waals surface area contributed by atoms with Gasteiger partial charge >= 0.3 is 0 Å². The minimum absolute atomic E-state index is 0.00917. The second-order valence-electron chi connectivity index (χ2n) is 27.3. The summed E-state index contributed by atoms with van der Waals surface area (Å²) in [5, 5.41) is 4.26. The van der Waals surface area contributed by atoms with Crippen molar-refractivity contribution in [3.63, 3.8) is 0 Å². The van der Waals surface area contributed by atoms with Crippen molar-refractivity contribution in [2.75, 3.05) is 52.7 Å². The molecule has 18 heteroatoms. The number of ketones is 1. The highest BCUT2D eigenvalue weighted by Crippen LogP contribution is 2.44. The molecule has 0 unspecified atom stereocenters. The first-order valence-electron chi connectivity index (χ1n) is 36.4. The molecule has 0 saturated heterocycles. The van der Waals surface area contributed by atoms with Gasteiger partial charge in [0.15, 0.2) is 5.78 Å². The van der Waals surface area contributed by atoms with Crippen LogP contribution in [0.2, 0.25) is 10.0 Å². The van der Waals surface area contributed by atoms with Crippen molar-refractivity contribution in [3.8, 4) is 5.75 Å². The molecule has 0 bridgehead atoms. The van der Waals surface area contributed by atoms with Gasteiger partial charge in [-0.25, -0.2) is 0 Å². The Labute approximate surface area is 617 Å². The van der Waals surface area contributed by atoms with E-state index in [-0.39, 0.29) is 30.1 Å². The Kier molecular flexibility index (Phi) is 28.1. The van der Waals surface area contributed by atoms with Crippen LogP contribution in [0.5, 0.6) is 5.75 Å². The summed E-state index contributed by atoms with van der Waals surface area (Å²) >= 11 is 12.8. The maximum atomic E-state index is 15.5. The maximum absolute atomic E-state index is 15.5. The number of ether oxygens (including phenoxy) is 3. The number of unbranched alkanes of at least 4 members (excludes halogenated alkanes) is 1. The number of carbonyl (C=O) groups excluding carboxylic acids is 4. The number of hydrogen-bond acceptors (Lipinski definition) is 13. The minimum Gasteiger partial charge on any atom is -0.494 e. The molecule has 2 aliphatic carbocycles. The Morgan fingerprint density at radius 2 is 0.835 bits per heavy atom. The van der Waals surface area contributed by atoms with Gasteiger partial charge in [0.25, 0.3) is 5.91 Å². The molecule has 9 aromatic rings. The molecule has 16 nitrogen and oxygen atoms in total. The first-order valence-corrected chi connectivity index (χ1v) is 37.2. The smallest absolute Gasteiger partial charge is 0.251 e. The van der Waals surface area contributed by atoms with Crippen LogP contribution in [0.25, 0.3) is 0 Å². The fourth-order valence-corrected chi connectivity index (χ4v) is 14.7. The van der Waals surface area contributed by atoms with Gasteiger partial charge in [-0.1, -0.05) is 153 Å². The van der Waals surface area contributed by atoms with Gasteiger partial charge in [-0.2, -0.15) is 0 Å². The normalized spacial score (nSPS) is 14.1. The monoisotopic (exact) mass is 1420 g/mol. The Balaban J connectivity index is 0.716. The average molecular weight is 1430 g/mol. The Morgan fingerprint density at radius 3 is 1.25 bits per heavy atom. The van der Waals surface area contributed by atoms with E-state index in [1.807, 2.05) is 180 Å². The summed E-state index contributed by atoms with van der Waals surface area (Å²) in [5.74, 6) is 0.703. The van der Waals surface area contributed by atoms with Gasteiger partial charge in [-0.3, -0.25) is 48.9 Å². The number of nitrogens with zero attached hydrogens (tertiary/aromatic N) is 8. The quantitative estimate of drug-likeness (QED) is 0.0288. The highest BCUT2D eigenvalue weighted by atomic mass is 35.5. The van der Waals surface area contributed by atoms with Gasteiger partial charge in [-0.15, -0.1) is 0 Å². The number of carbonyl (C=O) groups is 4. The van der Waals surface area contributed by atoms with E-state index in [0.717, 1.165) is 126 Å². The van der Waals surface area contributed by atoms with Gasteiger partial charge in [0, 0.05) is 118 Å². The van der Waals surface area contributed by atoms with Gasteiger partial charge in [0.2, 0.25) is 11.8 Å². The van der Waals surface area contributed by atoms with E-state index in [1.54, 1.807) is 6.92 Å². The lowest BCUT2D eigenvalue weighted by Crippen LogP contribution is -2.48. The molecule has 536 valence electrons. The average Bonchev–Trinajstić information content (AvgIpc) is 0.777. The fourth-order valence-electron chi connectivity index (χ4n) is 14.4. The minimum atomic E-state index is -0.697. The molecular weight excluding hydrogens is 1330 g/mol. The standard InChI is InChI=1S/C85H95Cl2N9O7/c1-65(97)70-26-22-66(23-27-70)60-96(83(100)85(40-10-3-11-41-85)73-32-36-75(87)37-33-73)48-51-102-53-52-101-50-46-92-81(98)71-28-24-67(25-29-71)59-95(82(99)84(38-8-2-9-39-84)72-30-34-74(86)35-31-72)47-16-17-49-103-80-55-68(57-93(61-76-18-4-12-42-88-76)62-77-19-5-13-43-89-77)54-69(56-80)58-94(63-78-20-6-14-44-90-78)64-79-21-7-15-45-91-79/h4-7,12-15,18-37,42-45,54-56H,2-3,8-11,16-17,38-41,46-53,57-64H2,1H3,(H,92,98). The molecule has 2 aliphatic rings. The Bertz CT molecular complexity index is 3910. The molecule has 0 aliphatic heterocycles. The van der Waals surface area contributed by atoms with E-state index >= 15 is 4.79 Å². The van der Waals surface area contributed by atoms with Gasteiger partial charge < -0.3 is 29.3 Å². The van der Waals surface area contributed by atoms with E-state index < -0.39 is 10.8 Å². The Morgan fingerprint density at radius 1 is 0.417 bits per heavy atom. The number of nitrogens with one attached hydrogen (secondary N) is 1. The highest BCUT2D eigenvalue weighted by molar-refractivity contribution is 6.30. The van der Waals surface area contributed by atoms with Crippen LogP contribution in [0.1, 0.15) is 161 Å². The SMILES string of the molecule is CC(=O)c1ccc(CN(CCOCCOCCNC(=O)c2ccc(CN(CCCCOc3cc(CN(Cc4ccccn4)Cc4ccccn4)cc(CN(Cc4ccccn4)Cc4ccccn4)c3)C(=O)C3(c4ccc(Cl)cc4)CCCCC3)cc2)C(=O)C2(c3ccc(Cl)cc3)CCCCC2)cc1. The molecule has 4 heterocycles. The predicted octanol–water partition coefficient (Wildman–Crippen LogP) is 16.0. The second kappa shape index (κ2) is 38.5. The first kappa shape index (κ1) is 75.2. The predicted molar refractivity (Wildman–Crippen MR) is 404 cm³/mol. The molecule has 0 radical (unpaired) electrons. The molecule has 2 fully saturated rings. The third-order valence-electron chi connectivity index (χ3n) is 19.7. The fraction of sp³-hybridized carbons (Fsp3) is 0.365. The van der Waals surface area contributed by atoms with Gasteiger partial charge in [-0.05, 0) is 176 Å². The number of hydrogen-bond donors (Lipinski definition) is 1. The topological polar surface area (TPSA) is 173 Å². The lowest BCUT2D eigenvalue weighted by Gasteiger charge is -2.40. The largest absolute Gasteiger partial charge is 0.494 e. The molecule has 0 spiro atoms. The van der Waals surface area contributed by atoms with Crippen molar-refractivity contribution in [2.45, 2.75) is 147 Å². The second-order valence-corrected chi connectivity index (χ2v) is 28.2. The molecule has 0 atom stereocenters. The molecule has 103 heavy (non-hydrogen) atoms. The number of amides is 3. The summed E-state index contributed by atoms with van der Waals surface area (Å²) < 4.78 is 18.8. The number of pyridine rings is 4. The first-order chi connectivity index (χ1) is 50.4. The van der Waals surface area contributed by atoms with Crippen molar-refractivity contribution >= 4 is 46.7 Å². The van der Waals surface area contributed by atoms with Crippen LogP contribution < -0.4 is 10.1 Å². The number of aromatic nitrogens is 4. The number of benzene rings is 5. The van der Waals surface area contributed by atoms with E-state index in [0.29, 0.717) is 132 Å². The molecule has 5 aromatic carbocycles. The zero-order valence-corrected chi connectivity index (χ0v) is 60.7. The summed E-state index contributed by atoms with van der Waals surface area (Å²) in [5.41, 5.74) is 9.66. The van der Waals surface area contributed by atoms with Gasteiger partial charge in [0.05, 0.1) is 66.6 Å². The zero-order chi connectivity index (χ0) is 71.5. The molecule has 4 aromatic heterocycles. The molecule has 1 N–H and O–H groups in total. The van der Waals surface area contributed by atoms with E-state index in [1.165, 1.54) is 0 Å². The van der Waals surface area contributed by atoms with Crippen LogP contribution in [-0.4, -0.2) is 116 Å². The summed E-state index contributed by atoms with van der Waals surface area (Å²) in [6, 6.07) is 61.2. The number of halogens is 2. The molecule has 2 saturated carbocycles. The van der Waals surface area contributed by atoms with Crippen LogP contribution in [0.4, 0.5) is 0 Å². The van der Waals surface area contributed by atoms with Crippen LogP contribution in [-0.2, 0) is 82.3 Å². The summed E-state index contributed by atoms with van der Waals surface area (Å²) in [6.07, 6.45) is 17.7. The summed E-state index contributed by atoms with van der Waals surface area (Å²) in [7, 11) is 0. The highest BCUT2D eigenvalue weighted by Gasteiger charge is 2.45. The summed E-state index contributed by atoms with van der Waals surface area (Å²) in [4.78, 5) is 83.5. The van der Waals surface area contributed by atoms with E-state index in [9.17, 15) is 14.4 Å². The van der Waals surface area contributed by atoms with Crippen molar-refractivity contribution in [1.82, 2.24) is 44.9 Å². The third kappa shape index (κ3) is 22.0. The lowest BCUT2D eigenvalue weighted by atomic mass is 9.68. The van der Waals surface area contributed by atoms with Crippen LogP contribution in [0.3, 0.4) is 0 Å². The molecule has 3 amide bonds.